The summed E-state index contributed by atoms with van der Waals surface area (Å²) in [6.45, 7) is 0. The molecule has 0 saturated carbocycles. The van der Waals surface area contributed by atoms with Crippen LogP contribution in [0.2, 0.25) is 0 Å². The molecule has 0 heterocycles. The Kier molecular flexibility index (Phi) is 3.84. The van der Waals surface area contributed by atoms with Gasteiger partial charge in [-0.15, -0.1) is 0 Å². The number of rotatable bonds is 3. The van der Waals surface area contributed by atoms with Crippen molar-refractivity contribution in [2.24, 2.45) is 0 Å². The van der Waals surface area contributed by atoms with Crippen molar-refractivity contribution in [3.05, 3.63) is 91.0 Å². The number of hydrogen-bond donors (Lipinski definition) is 0. The van der Waals surface area contributed by atoms with Crippen LogP contribution < -0.4 is 9.81 Å². The average Bonchev–Trinajstić information content (AvgIpc) is 2.56. The van der Waals surface area contributed by atoms with E-state index in [-0.39, 0.29) is 0 Å². The van der Waals surface area contributed by atoms with E-state index in [0.717, 1.165) is 9.81 Å². The van der Waals surface area contributed by atoms with Gasteiger partial charge in [0.15, 0.2) is 0 Å². The summed E-state index contributed by atoms with van der Waals surface area (Å²) in [5.74, 6) is 0. The Morgan fingerprint density at radius 2 is 0.700 bits per heavy atom. The fourth-order valence-corrected chi connectivity index (χ4v) is 12.7. The van der Waals surface area contributed by atoms with Gasteiger partial charge in [0.1, 0.15) is 0 Å². The van der Waals surface area contributed by atoms with E-state index in [0.29, 0.717) is 0 Å². The van der Waals surface area contributed by atoms with Crippen molar-refractivity contribution in [1.82, 2.24) is 0 Å². The quantitative estimate of drug-likeness (QED) is 0.552. The second-order valence-electron chi connectivity index (χ2n) is 4.62. The van der Waals surface area contributed by atoms with E-state index < -0.39 is 20.3 Å². The molecule has 3 aromatic rings. The molecule has 0 bridgehead atoms. The summed E-state index contributed by atoms with van der Waals surface area (Å²) in [6, 6.07) is 29.6. The fraction of sp³-hybridized carbons (Fsp3) is 0. The molecule has 0 amide bonds. The molecule has 0 fully saturated rings. The van der Waals surface area contributed by atoms with Crippen molar-refractivity contribution in [1.29, 1.82) is 0 Å². The molecule has 20 heavy (non-hydrogen) atoms. The van der Waals surface area contributed by atoms with Gasteiger partial charge in [-0.05, 0) is 0 Å². The fourth-order valence-electron chi connectivity index (χ4n) is 2.36. The Balaban J connectivity index is 2.27. The molecule has 0 aliphatic heterocycles. The normalized spacial score (nSPS) is 11.2. The van der Waals surface area contributed by atoms with E-state index in [4.69, 9.17) is 0 Å². The van der Waals surface area contributed by atoms with Gasteiger partial charge < -0.3 is 0 Å². The van der Waals surface area contributed by atoms with Gasteiger partial charge in [-0.25, -0.2) is 0 Å². The Bertz CT molecular complexity index is 618. The van der Waals surface area contributed by atoms with Crippen LogP contribution in [0.3, 0.4) is 0 Å². The summed E-state index contributed by atoms with van der Waals surface area (Å²) < 4.78 is 16.9. The van der Waals surface area contributed by atoms with Crippen molar-refractivity contribution in [2.75, 3.05) is 0 Å². The van der Waals surface area contributed by atoms with Gasteiger partial charge in [-0.2, -0.15) is 0 Å². The van der Waals surface area contributed by atoms with Crippen molar-refractivity contribution in [2.45, 2.75) is 0 Å². The first-order chi connectivity index (χ1) is 9.82. The molecule has 2 heteroatoms. The van der Waals surface area contributed by atoms with Gasteiger partial charge in [0, 0.05) is 0 Å². The van der Waals surface area contributed by atoms with E-state index in [1.54, 1.807) is 0 Å². The van der Waals surface area contributed by atoms with Crippen LogP contribution in [0.25, 0.3) is 0 Å². The molecular weight excluding hydrogens is 441 g/mol. The molecule has 0 spiro atoms. The summed E-state index contributed by atoms with van der Waals surface area (Å²) in [5.41, 5.74) is 0. The van der Waals surface area contributed by atoms with Crippen LogP contribution in [0.15, 0.2) is 91.0 Å². The molecule has 3 aromatic carbocycles. The standard InChI is InChI=1S/3C6H5.Bi.O/c3*1-2-4-6-5-3-1;;/h3*1-5H;;. The predicted molar refractivity (Wildman–Crippen MR) is 84.7 cm³/mol. The minimum atomic E-state index is -4.09. The van der Waals surface area contributed by atoms with Gasteiger partial charge in [0.25, 0.3) is 0 Å². The molecule has 0 unspecified atom stereocenters. The molecule has 0 aliphatic carbocycles. The van der Waals surface area contributed by atoms with E-state index in [1.807, 2.05) is 91.0 Å². The molecule has 0 atom stereocenters. The second kappa shape index (κ2) is 5.77. The van der Waals surface area contributed by atoms with Gasteiger partial charge >= 0.3 is 124 Å². The average molecular weight is 456 g/mol. The van der Waals surface area contributed by atoms with Crippen LogP contribution in [-0.2, 0) is 2.81 Å². The molecule has 0 saturated heterocycles. The molecule has 3 rings (SSSR count). The number of benzene rings is 3. The molecule has 0 N–H and O–H groups in total. The monoisotopic (exact) mass is 456 g/mol. The van der Waals surface area contributed by atoms with E-state index in [9.17, 15) is 2.81 Å². The first-order valence-corrected chi connectivity index (χ1v) is 13.2. The van der Waals surface area contributed by atoms with Crippen LogP contribution in [0.5, 0.6) is 0 Å². The van der Waals surface area contributed by atoms with E-state index in [2.05, 4.69) is 0 Å². The number of hydrogen-bond acceptors (Lipinski definition) is 1. The van der Waals surface area contributed by atoms with Crippen LogP contribution in [-0.4, -0.2) is 20.3 Å². The third-order valence-corrected chi connectivity index (χ3v) is 15.3. The summed E-state index contributed by atoms with van der Waals surface area (Å²) in [4.78, 5) is 0. The Labute approximate surface area is 123 Å². The maximum absolute atomic E-state index is 13.9. The van der Waals surface area contributed by atoms with Gasteiger partial charge in [0.05, 0.1) is 0 Å². The van der Waals surface area contributed by atoms with Gasteiger partial charge in [0.2, 0.25) is 0 Å². The molecule has 98 valence electrons. The third-order valence-electron chi connectivity index (χ3n) is 3.36. The molecule has 0 aliphatic rings. The van der Waals surface area contributed by atoms with Crippen molar-refractivity contribution in [3.8, 4) is 0 Å². The summed E-state index contributed by atoms with van der Waals surface area (Å²) in [6.07, 6.45) is 0. The Hall–Kier alpha value is -1.66. The van der Waals surface area contributed by atoms with E-state index in [1.165, 1.54) is 0 Å². The summed E-state index contributed by atoms with van der Waals surface area (Å²) >= 11 is -4.09. The van der Waals surface area contributed by atoms with Crippen LogP contribution in [0, 0.1) is 0 Å². The Morgan fingerprint density at radius 1 is 0.450 bits per heavy atom. The first kappa shape index (κ1) is 13.3. The zero-order valence-corrected chi connectivity index (χ0v) is 14.5. The SMILES string of the molecule is [O]=[Bi]([c]1ccccc1)([c]1ccccc1)[c]1ccccc1. The van der Waals surface area contributed by atoms with Crippen LogP contribution >= 0.6 is 0 Å². The predicted octanol–water partition coefficient (Wildman–Crippen LogP) is 2.08. The summed E-state index contributed by atoms with van der Waals surface area (Å²) in [5, 5.41) is 0. The summed E-state index contributed by atoms with van der Waals surface area (Å²) in [7, 11) is 0. The first-order valence-electron chi connectivity index (χ1n) is 6.59. The van der Waals surface area contributed by atoms with Crippen LogP contribution in [0.4, 0.5) is 0 Å². The van der Waals surface area contributed by atoms with Crippen molar-refractivity contribution >= 4 is 30.1 Å². The zero-order valence-electron chi connectivity index (χ0n) is 11.0. The third kappa shape index (κ3) is 2.36. The van der Waals surface area contributed by atoms with E-state index >= 15 is 0 Å². The second-order valence-corrected chi connectivity index (χ2v) is 15.4. The van der Waals surface area contributed by atoms with Gasteiger partial charge in [-0.3, -0.25) is 0 Å². The van der Waals surface area contributed by atoms with Crippen LogP contribution in [0.1, 0.15) is 0 Å². The molecule has 1 nitrogen and oxygen atoms in total. The zero-order chi connectivity index (χ0) is 13.8. The maximum atomic E-state index is 13.9. The van der Waals surface area contributed by atoms with Crippen molar-refractivity contribution in [3.63, 3.8) is 0 Å². The molecular formula is C18H15BiO. The Morgan fingerprint density at radius 3 is 0.950 bits per heavy atom. The topological polar surface area (TPSA) is 17.1 Å². The molecule has 0 radical (unpaired) electrons. The minimum absolute atomic E-state index is 0.977. The molecule has 0 aromatic heterocycles. The van der Waals surface area contributed by atoms with Crippen molar-refractivity contribution < 1.29 is 2.81 Å². The van der Waals surface area contributed by atoms with Gasteiger partial charge in [-0.1, -0.05) is 0 Å².